The fraction of sp³-hybridized carbons (Fsp3) is 0.720. The molecule has 1 aromatic heterocycles. The van der Waals surface area contributed by atoms with Gasteiger partial charge in [0.2, 0.25) is 0 Å². The molecule has 27 heavy (non-hydrogen) atoms. The van der Waals surface area contributed by atoms with E-state index in [0.717, 1.165) is 35.6 Å². The second-order valence-electron chi connectivity index (χ2n) is 10.4. The highest BCUT2D eigenvalue weighted by molar-refractivity contribution is 5.72. The monoisotopic (exact) mass is 364 g/mol. The third-order valence-electron chi connectivity index (χ3n) is 9.21. The molecule has 0 aliphatic heterocycles. The number of hydrogen-bond donors (Lipinski definition) is 0. The summed E-state index contributed by atoms with van der Waals surface area (Å²) in [5.74, 6) is 4.87. The van der Waals surface area contributed by atoms with Crippen LogP contribution in [0.25, 0.3) is 5.57 Å². The molecule has 0 saturated heterocycles. The summed E-state index contributed by atoms with van der Waals surface area (Å²) in [6, 6.07) is 5.22. The van der Waals surface area contributed by atoms with Crippen LogP contribution < -0.4 is 0 Å². The van der Waals surface area contributed by atoms with Gasteiger partial charge in [0.15, 0.2) is 0 Å². The van der Waals surface area contributed by atoms with Gasteiger partial charge in [0.25, 0.3) is 0 Å². The fourth-order valence-corrected chi connectivity index (χ4v) is 7.83. The third-order valence-corrected chi connectivity index (χ3v) is 9.21. The second kappa shape index (κ2) is 6.72. The Morgan fingerprint density at radius 1 is 1.04 bits per heavy atom. The van der Waals surface area contributed by atoms with Gasteiger partial charge in [0.05, 0.1) is 0 Å². The molecule has 2 nitrogen and oxygen atoms in total. The van der Waals surface area contributed by atoms with Crippen LogP contribution in [0.15, 0.2) is 30.6 Å². The molecule has 1 heterocycles. The van der Waals surface area contributed by atoms with Crippen molar-refractivity contribution in [2.45, 2.75) is 64.3 Å². The van der Waals surface area contributed by atoms with Crippen molar-refractivity contribution >= 4 is 5.57 Å². The largest absolute Gasteiger partial charge is 0.306 e. The number of nitrogens with zero attached hydrogens (tertiary/aromatic N) is 2. The van der Waals surface area contributed by atoms with Gasteiger partial charge in [-0.1, -0.05) is 19.1 Å². The molecule has 0 amide bonds. The van der Waals surface area contributed by atoms with E-state index in [0.29, 0.717) is 5.41 Å². The maximum Gasteiger partial charge on any atom is 0.0343 e. The number of fused-ring (bicyclic) bond motifs is 5. The maximum atomic E-state index is 4.41. The number of allylic oxidation sites excluding steroid dienone is 2. The van der Waals surface area contributed by atoms with E-state index in [1.165, 1.54) is 56.9 Å². The molecule has 2 heteroatoms. The van der Waals surface area contributed by atoms with Crippen molar-refractivity contribution in [3.05, 3.63) is 36.2 Å². The topological polar surface area (TPSA) is 16.1 Å². The first kappa shape index (κ1) is 17.9. The van der Waals surface area contributed by atoms with Gasteiger partial charge in [-0.2, -0.15) is 0 Å². The van der Waals surface area contributed by atoms with E-state index >= 15 is 0 Å². The highest BCUT2D eigenvalue weighted by Crippen LogP contribution is 2.64. The molecular weight excluding hydrogens is 328 g/mol. The van der Waals surface area contributed by atoms with Crippen molar-refractivity contribution in [3.63, 3.8) is 0 Å². The van der Waals surface area contributed by atoms with Crippen LogP contribution in [0.4, 0.5) is 0 Å². The number of hydrogen-bond acceptors (Lipinski definition) is 2. The lowest BCUT2D eigenvalue weighted by molar-refractivity contribution is -0.0482. The quantitative estimate of drug-likeness (QED) is 0.673. The Kier molecular flexibility index (Phi) is 4.46. The molecule has 0 spiro atoms. The molecular formula is C25H36N2. The first-order valence-electron chi connectivity index (χ1n) is 11.4. The molecule has 4 aliphatic carbocycles. The minimum Gasteiger partial charge on any atom is -0.306 e. The highest BCUT2D eigenvalue weighted by atomic mass is 15.1. The van der Waals surface area contributed by atoms with Crippen LogP contribution >= 0.6 is 0 Å². The Hall–Kier alpha value is -1.15. The van der Waals surface area contributed by atoms with Crippen LogP contribution in [0.1, 0.15) is 63.9 Å². The van der Waals surface area contributed by atoms with E-state index in [9.17, 15) is 0 Å². The molecule has 146 valence electrons. The van der Waals surface area contributed by atoms with Crippen LogP contribution in [0.5, 0.6) is 0 Å². The van der Waals surface area contributed by atoms with Gasteiger partial charge in [-0.25, -0.2) is 0 Å². The second-order valence-corrected chi connectivity index (χ2v) is 10.4. The molecule has 4 aliphatic rings. The molecule has 0 aromatic carbocycles. The zero-order valence-electron chi connectivity index (χ0n) is 17.4. The van der Waals surface area contributed by atoms with Gasteiger partial charge in [-0.15, -0.1) is 0 Å². The average molecular weight is 365 g/mol. The summed E-state index contributed by atoms with van der Waals surface area (Å²) >= 11 is 0. The predicted octanol–water partition coefficient (Wildman–Crippen LogP) is 5.66. The summed E-state index contributed by atoms with van der Waals surface area (Å²) < 4.78 is 0. The van der Waals surface area contributed by atoms with E-state index in [2.05, 4.69) is 55.3 Å². The Bertz CT molecular complexity index is 708. The summed E-state index contributed by atoms with van der Waals surface area (Å²) in [6.45, 7) is 2.58. The summed E-state index contributed by atoms with van der Waals surface area (Å²) in [7, 11) is 4.57. The molecule has 0 bridgehead atoms. The Morgan fingerprint density at radius 3 is 2.67 bits per heavy atom. The maximum absolute atomic E-state index is 4.41. The SMILES string of the molecule is CN(C)[C@H]1CC[C@H]2[C@@H](CC[C@H]3C4CC=C(c5cccnc5)[C@@]4(C)CC[C@H]23)C1. The first-order chi connectivity index (χ1) is 13.1. The molecule has 0 N–H and O–H groups in total. The lowest BCUT2D eigenvalue weighted by Gasteiger charge is -2.56. The summed E-state index contributed by atoms with van der Waals surface area (Å²) in [5.41, 5.74) is 3.37. The van der Waals surface area contributed by atoms with Crippen LogP contribution in [-0.4, -0.2) is 30.0 Å². The Morgan fingerprint density at radius 2 is 1.89 bits per heavy atom. The van der Waals surface area contributed by atoms with Crippen molar-refractivity contribution in [2.75, 3.05) is 14.1 Å². The minimum absolute atomic E-state index is 0.387. The van der Waals surface area contributed by atoms with Crippen molar-refractivity contribution in [1.29, 1.82) is 0 Å². The van der Waals surface area contributed by atoms with E-state index in [1.54, 1.807) is 5.57 Å². The van der Waals surface area contributed by atoms with Crippen molar-refractivity contribution in [2.24, 2.45) is 35.0 Å². The number of pyridine rings is 1. The number of rotatable bonds is 2. The van der Waals surface area contributed by atoms with Crippen LogP contribution in [0.2, 0.25) is 0 Å². The molecule has 3 fully saturated rings. The zero-order chi connectivity index (χ0) is 18.6. The molecule has 3 saturated carbocycles. The van der Waals surface area contributed by atoms with E-state index in [1.807, 2.05) is 6.20 Å². The first-order valence-corrected chi connectivity index (χ1v) is 11.4. The standard InChI is InChI=1S/C25H36N2/c1-25-13-12-21-20-9-7-19(27(2)3)15-17(20)6-8-22(21)24(25)11-10-23(25)18-5-4-14-26-16-18/h4-5,10,14,16-17,19-22,24H,6-9,11-13,15H2,1-3H3/t17-,19-,20-,21+,22+,24?,25+/m0/s1. The van der Waals surface area contributed by atoms with Crippen LogP contribution in [-0.2, 0) is 0 Å². The van der Waals surface area contributed by atoms with Crippen LogP contribution in [0, 0.1) is 35.0 Å². The van der Waals surface area contributed by atoms with Gasteiger partial charge in [-0.3, -0.25) is 4.98 Å². The molecule has 0 radical (unpaired) electrons. The van der Waals surface area contributed by atoms with E-state index in [-0.39, 0.29) is 0 Å². The highest BCUT2D eigenvalue weighted by Gasteiger charge is 2.54. The normalized spacial score (nSPS) is 43.6. The Labute approximate surface area is 165 Å². The Balaban J connectivity index is 1.36. The summed E-state index contributed by atoms with van der Waals surface area (Å²) in [4.78, 5) is 6.90. The summed E-state index contributed by atoms with van der Waals surface area (Å²) in [6.07, 6.45) is 18.1. The predicted molar refractivity (Wildman–Crippen MR) is 112 cm³/mol. The zero-order valence-corrected chi connectivity index (χ0v) is 17.4. The molecule has 5 rings (SSSR count). The van der Waals surface area contributed by atoms with E-state index in [4.69, 9.17) is 0 Å². The lowest BCUT2D eigenvalue weighted by atomic mass is 9.49. The van der Waals surface area contributed by atoms with Gasteiger partial charge < -0.3 is 4.90 Å². The number of aromatic nitrogens is 1. The van der Waals surface area contributed by atoms with Gasteiger partial charge in [-0.05, 0) is 118 Å². The lowest BCUT2D eigenvalue weighted by Crippen LogP contribution is -2.49. The smallest absolute Gasteiger partial charge is 0.0343 e. The van der Waals surface area contributed by atoms with Crippen molar-refractivity contribution in [3.8, 4) is 0 Å². The summed E-state index contributed by atoms with van der Waals surface area (Å²) in [5, 5.41) is 0. The molecule has 7 atom stereocenters. The minimum atomic E-state index is 0.387. The fourth-order valence-electron chi connectivity index (χ4n) is 7.83. The molecule has 1 unspecified atom stereocenters. The average Bonchev–Trinajstić information content (AvgIpc) is 3.05. The third kappa shape index (κ3) is 2.82. The van der Waals surface area contributed by atoms with Crippen molar-refractivity contribution < 1.29 is 0 Å². The van der Waals surface area contributed by atoms with Gasteiger partial charge in [0, 0.05) is 18.4 Å². The van der Waals surface area contributed by atoms with Crippen LogP contribution in [0.3, 0.4) is 0 Å². The van der Waals surface area contributed by atoms with Gasteiger partial charge in [0.1, 0.15) is 0 Å². The van der Waals surface area contributed by atoms with Crippen molar-refractivity contribution in [1.82, 2.24) is 9.88 Å². The van der Waals surface area contributed by atoms with Gasteiger partial charge >= 0.3 is 0 Å². The molecule has 1 aromatic rings. The van der Waals surface area contributed by atoms with E-state index < -0.39 is 0 Å².